The van der Waals surface area contributed by atoms with E-state index in [1.165, 1.54) is 5.56 Å². The summed E-state index contributed by atoms with van der Waals surface area (Å²) in [6, 6.07) is 0. The number of hydrogen-bond acceptors (Lipinski definition) is 2. The molecule has 1 N–H and O–H groups in total. The van der Waals surface area contributed by atoms with Crippen LogP contribution in [0.1, 0.15) is 19.4 Å². The van der Waals surface area contributed by atoms with Crippen molar-refractivity contribution in [3.63, 3.8) is 0 Å². The molecule has 0 aliphatic carbocycles. The van der Waals surface area contributed by atoms with E-state index in [0.717, 1.165) is 13.1 Å². The van der Waals surface area contributed by atoms with Gasteiger partial charge in [0, 0.05) is 37.8 Å². The van der Waals surface area contributed by atoms with E-state index in [-0.39, 0.29) is 5.41 Å². The Bertz CT molecular complexity index is 281. The molecule has 0 amide bonds. The first-order valence-electron chi connectivity index (χ1n) is 4.78. The lowest BCUT2D eigenvalue weighted by Gasteiger charge is -2.21. The van der Waals surface area contributed by atoms with Crippen molar-refractivity contribution in [2.45, 2.75) is 20.4 Å². The number of nitrogens with one attached hydrogen (secondary N) is 1. The van der Waals surface area contributed by atoms with Crippen molar-refractivity contribution in [2.24, 2.45) is 12.5 Å². The van der Waals surface area contributed by atoms with Gasteiger partial charge in [-0.3, -0.25) is 4.68 Å². The van der Waals surface area contributed by atoms with Crippen molar-refractivity contribution in [3.05, 3.63) is 18.0 Å². The van der Waals surface area contributed by atoms with Crippen LogP contribution < -0.4 is 5.32 Å². The second-order valence-electron chi connectivity index (χ2n) is 4.42. The molecule has 80 valence electrons. The van der Waals surface area contributed by atoms with Crippen molar-refractivity contribution in [1.82, 2.24) is 15.1 Å². The number of nitrogens with zero attached hydrogens (tertiary/aromatic N) is 2. The Hall–Kier alpha value is -0.540. The van der Waals surface area contributed by atoms with E-state index < -0.39 is 0 Å². The summed E-state index contributed by atoms with van der Waals surface area (Å²) in [6.07, 6.45) is 3.89. The van der Waals surface area contributed by atoms with Crippen LogP contribution in [-0.4, -0.2) is 22.2 Å². The largest absolute Gasteiger partial charge is 0.312 e. The topological polar surface area (TPSA) is 29.9 Å². The maximum absolute atomic E-state index is 5.82. The fourth-order valence-corrected chi connectivity index (χ4v) is 1.25. The van der Waals surface area contributed by atoms with Crippen LogP contribution >= 0.6 is 11.6 Å². The molecule has 14 heavy (non-hydrogen) atoms. The van der Waals surface area contributed by atoms with Gasteiger partial charge in [-0.25, -0.2) is 0 Å². The van der Waals surface area contributed by atoms with Gasteiger partial charge in [0.1, 0.15) is 0 Å². The molecule has 4 heteroatoms. The zero-order valence-electron chi connectivity index (χ0n) is 9.05. The summed E-state index contributed by atoms with van der Waals surface area (Å²) in [5, 5.41) is 7.47. The van der Waals surface area contributed by atoms with Crippen LogP contribution in [0.2, 0.25) is 0 Å². The van der Waals surface area contributed by atoms with Gasteiger partial charge in [0.05, 0.1) is 6.20 Å². The Labute approximate surface area is 90.4 Å². The van der Waals surface area contributed by atoms with Crippen LogP contribution in [0.15, 0.2) is 12.4 Å². The van der Waals surface area contributed by atoms with Crippen molar-refractivity contribution >= 4 is 11.6 Å². The average Bonchev–Trinajstić information content (AvgIpc) is 2.51. The predicted molar refractivity (Wildman–Crippen MR) is 59.4 cm³/mol. The molecule has 0 radical (unpaired) electrons. The smallest absolute Gasteiger partial charge is 0.0534 e. The van der Waals surface area contributed by atoms with Gasteiger partial charge in [0.25, 0.3) is 0 Å². The summed E-state index contributed by atoms with van der Waals surface area (Å²) >= 11 is 5.82. The lowest BCUT2D eigenvalue weighted by Crippen LogP contribution is -2.30. The standard InChI is InChI=1S/C10H18ClN3/c1-10(2,7-11)8-12-4-9-5-13-14(3)6-9/h5-6,12H,4,7-8H2,1-3H3. The molecule has 1 heterocycles. The Kier molecular flexibility index (Phi) is 3.96. The van der Waals surface area contributed by atoms with Gasteiger partial charge in [0.15, 0.2) is 0 Å². The maximum atomic E-state index is 5.82. The Morgan fingerprint density at radius 2 is 2.29 bits per heavy atom. The zero-order chi connectivity index (χ0) is 10.6. The minimum Gasteiger partial charge on any atom is -0.312 e. The molecular weight excluding hydrogens is 198 g/mol. The molecule has 0 aliphatic rings. The van der Waals surface area contributed by atoms with Crippen LogP contribution in [0.3, 0.4) is 0 Å². The molecule has 0 bridgehead atoms. The van der Waals surface area contributed by atoms with Crippen molar-refractivity contribution in [1.29, 1.82) is 0 Å². The van der Waals surface area contributed by atoms with E-state index in [9.17, 15) is 0 Å². The quantitative estimate of drug-likeness (QED) is 0.759. The fourth-order valence-electron chi connectivity index (χ4n) is 1.16. The van der Waals surface area contributed by atoms with Crippen LogP contribution in [0.25, 0.3) is 0 Å². The number of aromatic nitrogens is 2. The van der Waals surface area contributed by atoms with Crippen LogP contribution in [0, 0.1) is 5.41 Å². The molecule has 3 nitrogen and oxygen atoms in total. The molecule has 1 aromatic rings. The molecule has 1 rings (SSSR count). The average molecular weight is 216 g/mol. The molecule has 1 aromatic heterocycles. The second-order valence-corrected chi connectivity index (χ2v) is 4.69. The number of alkyl halides is 1. The monoisotopic (exact) mass is 215 g/mol. The lowest BCUT2D eigenvalue weighted by molar-refractivity contribution is 0.385. The highest BCUT2D eigenvalue weighted by molar-refractivity contribution is 6.18. The first-order valence-corrected chi connectivity index (χ1v) is 5.31. The van der Waals surface area contributed by atoms with E-state index in [4.69, 9.17) is 11.6 Å². The Morgan fingerprint density at radius 3 is 2.79 bits per heavy atom. The summed E-state index contributed by atoms with van der Waals surface area (Å²) in [7, 11) is 1.92. The van der Waals surface area contributed by atoms with Crippen LogP contribution in [-0.2, 0) is 13.6 Å². The van der Waals surface area contributed by atoms with E-state index in [1.54, 1.807) is 0 Å². The molecule has 0 aliphatic heterocycles. The predicted octanol–water partition coefficient (Wildman–Crippen LogP) is 1.77. The highest BCUT2D eigenvalue weighted by Crippen LogP contribution is 2.15. The maximum Gasteiger partial charge on any atom is 0.0534 e. The SMILES string of the molecule is Cn1cc(CNCC(C)(C)CCl)cn1. The summed E-state index contributed by atoms with van der Waals surface area (Å²) in [4.78, 5) is 0. The number of rotatable bonds is 5. The van der Waals surface area contributed by atoms with E-state index in [2.05, 4.69) is 24.3 Å². The van der Waals surface area contributed by atoms with Crippen molar-refractivity contribution in [3.8, 4) is 0 Å². The molecule has 0 spiro atoms. The third kappa shape index (κ3) is 3.68. The highest BCUT2D eigenvalue weighted by Gasteiger charge is 2.15. The van der Waals surface area contributed by atoms with Gasteiger partial charge >= 0.3 is 0 Å². The summed E-state index contributed by atoms with van der Waals surface area (Å²) in [5.74, 6) is 0.674. The molecule has 0 fully saturated rings. The van der Waals surface area contributed by atoms with E-state index in [0.29, 0.717) is 5.88 Å². The van der Waals surface area contributed by atoms with Crippen molar-refractivity contribution < 1.29 is 0 Å². The highest BCUT2D eigenvalue weighted by atomic mass is 35.5. The third-order valence-electron chi connectivity index (χ3n) is 2.05. The zero-order valence-corrected chi connectivity index (χ0v) is 9.80. The third-order valence-corrected chi connectivity index (χ3v) is 2.78. The molecular formula is C10H18ClN3. The summed E-state index contributed by atoms with van der Waals surface area (Å²) in [6.45, 7) is 6.08. The second kappa shape index (κ2) is 4.80. The summed E-state index contributed by atoms with van der Waals surface area (Å²) in [5.41, 5.74) is 1.36. The molecule has 0 aromatic carbocycles. The normalized spacial score (nSPS) is 12.0. The van der Waals surface area contributed by atoms with Gasteiger partial charge in [-0.2, -0.15) is 5.10 Å². The van der Waals surface area contributed by atoms with E-state index in [1.807, 2.05) is 24.1 Å². The first kappa shape index (κ1) is 11.5. The van der Waals surface area contributed by atoms with Gasteiger partial charge in [-0.1, -0.05) is 13.8 Å². The van der Waals surface area contributed by atoms with Crippen LogP contribution in [0.5, 0.6) is 0 Å². The van der Waals surface area contributed by atoms with Gasteiger partial charge in [-0.05, 0) is 5.41 Å². The number of hydrogen-bond donors (Lipinski definition) is 1. The Balaban J connectivity index is 2.28. The number of halogens is 1. The molecule has 0 unspecified atom stereocenters. The minimum absolute atomic E-state index is 0.157. The minimum atomic E-state index is 0.157. The van der Waals surface area contributed by atoms with Crippen LogP contribution in [0.4, 0.5) is 0 Å². The molecule has 0 atom stereocenters. The first-order chi connectivity index (χ1) is 6.53. The van der Waals surface area contributed by atoms with E-state index >= 15 is 0 Å². The Morgan fingerprint density at radius 1 is 1.57 bits per heavy atom. The van der Waals surface area contributed by atoms with Gasteiger partial charge in [-0.15, -0.1) is 11.6 Å². The fraction of sp³-hybridized carbons (Fsp3) is 0.700. The van der Waals surface area contributed by atoms with Gasteiger partial charge in [0.2, 0.25) is 0 Å². The lowest BCUT2D eigenvalue weighted by atomic mass is 9.96. The number of aryl methyl sites for hydroxylation is 1. The summed E-state index contributed by atoms with van der Waals surface area (Å²) < 4.78 is 1.81. The molecule has 0 saturated heterocycles. The van der Waals surface area contributed by atoms with Crippen molar-refractivity contribution in [2.75, 3.05) is 12.4 Å². The van der Waals surface area contributed by atoms with Gasteiger partial charge < -0.3 is 5.32 Å². The molecule has 0 saturated carbocycles.